The molecule has 0 fully saturated rings. The molecule has 70 valence electrons. The SMILES string of the molecule is O=C(c1ccc(Cl)c(F)c1)C(O)O. The molecule has 13 heavy (non-hydrogen) atoms. The quantitative estimate of drug-likeness (QED) is 0.558. The van der Waals surface area contributed by atoms with Crippen LogP contribution in [0.15, 0.2) is 18.2 Å². The average Bonchev–Trinajstić information content (AvgIpc) is 2.08. The molecule has 0 aliphatic carbocycles. The third-order valence-corrected chi connectivity index (χ3v) is 1.75. The Hall–Kier alpha value is -0.970. The lowest BCUT2D eigenvalue weighted by atomic mass is 10.1. The monoisotopic (exact) mass is 204 g/mol. The van der Waals surface area contributed by atoms with Crippen molar-refractivity contribution in [3.8, 4) is 0 Å². The third kappa shape index (κ3) is 2.24. The van der Waals surface area contributed by atoms with Gasteiger partial charge in [-0.2, -0.15) is 0 Å². The number of rotatable bonds is 2. The normalized spacial score (nSPS) is 10.5. The van der Waals surface area contributed by atoms with Gasteiger partial charge in [-0.25, -0.2) is 4.39 Å². The largest absolute Gasteiger partial charge is 0.362 e. The summed E-state index contributed by atoms with van der Waals surface area (Å²) < 4.78 is 12.8. The summed E-state index contributed by atoms with van der Waals surface area (Å²) >= 11 is 5.35. The third-order valence-electron chi connectivity index (χ3n) is 1.44. The molecule has 0 aromatic heterocycles. The smallest absolute Gasteiger partial charge is 0.218 e. The van der Waals surface area contributed by atoms with Gasteiger partial charge in [-0.15, -0.1) is 0 Å². The van der Waals surface area contributed by atoms with E-state index in [0.717, 1.165) is 6.07 Å². The number of hydrogen-bond acceptors (Lipinski definition) is 3. The Balaban J connectivity index is 3.04. The first kappa shape index (κ1) is 10.1. The van der Waals surface area contributed by atoms with Gasteiger partial charge in [-0.3, -0.25) is 4.79 Å². The molecule has 3 nitrogen and oxygen atoms in total. The first-order valence-corrected chi connectivity index (χ1v) is 3.75. The summed E-state index contributed by atoms with van der Waals surface area (Å²) in [6.07, 6.45) is -2.12. The van der Waals surface area contributed by atoms with Gasteiger partial charge in [-0.1, -0.05) is 11.6 Å². The van der Waals surface area contributed by atoms with Crippen molar-refractivity contribution < 1.29 is 19.4 Å². The maximum absolute atomic E-state index is 12.8. The molecule has 0 unspecified atom stereocenters. The Morgan fingerprint density at radius 2 is 2.08 bits per heavy atom. The average molecular weight is 205 g/mol. The summed E-state index contributed by atoms with van der Waals surface area (Å²) in [5.41, 5.74) is -0.128. The van der Waals surface area contributed by atoms with Crippen LogP contribution in [0, 0.1) is 5.82 Å². The number of benzene rings is 1. The summed E-state index contributed by atoms with van der Waals surface area (Å²) in [6.45, 7) is 0. The van der Waals surface area contributed by atoms with Crippen LogP contribution in [0.2, 0.25) is 5.02 Å². The van der Waals surface area contributed by atoms with E-state index in [1.165, 1.54) is 12.1 Å². The Labute approximate surface area is 78.4 Å². The number of Topliss-reactive ketones (excluding diaryl/α,β-unsaturated/α-hetero) is 1. The van der Waals surface area contributed by atoms with E-state index < -0.39 is 17.9 Å². The van der Waals surface area contributed by atoms with Crippen LogP contribution in [0.25, 0.3) is 0 Å². The predicted molar refractivity (Wildman–Crippen MR) is 44.0 cm³/mol. The van der Waals surface area contributed by atoms with Gasteiger partial charge in [-0.05, 0) is 18.2 Å². The van der Waals surface area contributed by atoms with E-state index in [0.29, 0.717) is 0 Å². The van der Waals surface area contributed by atoms with Gasteiger partial charge in [0.1, 0.15) is 5.82 Å². The fraction of sp³-hybridized carbons (Fsp3) is 0.125. The Bertz CT molecular complexity index is 338. The number of carbonyl (C=O) groups excluding carboxylic acids is 1. The fourth-order valence-electron chi connectivity index (χ4n) is 0.798. The van der Waals surface area contributed by atoms with Crippen molar-refractivity contribution >= 4 is 17.4 Å². The second kappa shape index (κ2) is 3.83. The van der Waals surface area contributed by atoms with Crippen molar-refractivity contribution in [1.29, 1.82) is 0 Å². The summed E-state index contributed by atoms with van der Waals surface area (Å²) in [5, 5.41) is 16.8. The van der Waals surface area contributed by atoms with Crippen LogP contribution in [0.5, 0.6) is 0 Å². The second-order valence-electron chi connectivity index (χ2n) is 2.37. The molecule has 0 radical (unpaired) electrons. The summed E-state index contributed by atoms with van der Waals surface area (Å²) in [6, 6.07) is 3.24. The summed E-state index contributed by atoms with van der Waals surface area (Å²) in [5.74, 6) is -1.73. The van der Waals surface area contributed by atoms with Gasteiger partial charge in [0, 0.05) is 5.56 Å². The molecule has 0 bridgehead atoms. The van der Waals surface area contributed by atoms with Crippen molar-refractivity contribution in [2.45, 2.75) is 6.29 Å². The van der Waals surface area contributed by atoms with Gasteiger partial charge in [0.05, 0.1) is 5.02 Å². The van der Waals surface area contributed by atoms with Crippen LogP contribution in [-0.2, 0) is 0 Å². The molecule has 0 heterocycles. The van der Waals surface area contributed by atoms with Crippen molar-refractivity contribution in [3.63, 3.8) is 0 Å². The number of aliphatic hydroxyl groups excluding tert-OH is 1. The lowest BCUT2D eigenvalue weighted by molar-refractivity contribution is -0.0195. The van der Waals surface area contributed by atoms with Crippen molar-refractivity contribution in [2.75, 3.05) is 0 Å². The Morgan fingerprint density at radius 1 is 1.46 bits per heavy atom. The van der Waals surface area contributed by atoms with Crippen LogP contribution in [0.1, 0.15) is 10.4 Å². The minimum atomic E-state index is -2.12. The highest BCUT2D eigenvalue weighted by atomic mass is 35.5. The molecule has 1 aromatic rings. The minimum absolute atomic E-state index is 0.121. The number of aliphatic hydroxyl groups is 2. The van der Waals surface area contributed by atoms with Crippen molar-refractivity contribution in [2.24, 2.45) is 0 Å². The van der Waals surface area contributed by atoms with Crippen LogP contribution in [-0.4, -0.2) is 22.3 Å². The van der Waals surface area contributed by atoms with Gasteiger partial charge in [0.2, 0.25) is 12.1 Å². The van der Waals surface area contributed by atoms with Crippen LogP contribution >= 0.6 is 11.6 Å². The molecule has 0 atom stereocenters. The van der Waals surface area contributed by atoms with Gasteiger partial charge < -0.3 is 10.2 Å². The molecule has 1 aromatic carbocycles. The molecular formula is C8H6ClFO3. The van der Waals surface area contributed by atoms with Crippen LogP contribution in [0.4, 0.5) is 4.39 Å². The molecule has 0 aliphatic rings. The first-order chi connectivity index (χ1) is 6.02. The highest BCUT2D eigenvalue weighted by Gasteiger charge is 2.14. The molecule has 0 spiro atoms. The molecule has 2 N–H and O–H groups in total. The summed E-state index contributed by atoms with van der Waals surface area (Å²) in [7, 11) is 0. The lowest BCUT2D eigenvalue weighted by Gasteiger charge is -2.02. The predicted octanol–water partition coefficient (Wildman–Crippen LogP) is 0.973. The first-order valence-electron chi connectivity index (χ1n) is 3.38. The summed E-state index contributed by atoms with van der Waals surface area (Å²) in [4.78, 5) is 10.9. The highest BCUT2D eigenvalue weighted by Crippen LogP contribution is 2.16. The van der Waals surface area contributed by atoms with E-state index in [9.17, 15) is 9.18 Å². The highest BCUT2D eigenvalue weighted by molar-refractivity contribution is 6.30. The molecule has 0 saturated carbocycles. The Morgan fingerprint density at radius 3 is 2.54 bits per heavy atom. The molecule has 1 rings (SSSR count). The maximum atomic E-state index is 12.8. The molecule has 0 saturated heterocycles. The van der Waals surface area contributed by atoms with Crippen molar-refractivity contribution in [3.05, 3.63) is 34.6 Å². The van der Waals surface area contributed by atoms with Crippen molar-refractivity contribution in [1.82, 2.24) is 0 Å². The topological polar surface area (TPSA) is 57.5 Å². The fourth-order valence-corrected chi connectivity index (χ4v) is 0.916. The van der Waals surface area contributed by atoms with Gasteiger partial charge >= 0.3 is 0 Å². The zero-order chi connectivity index (χ0) is 10.0. The van der Waals surface area contributed by atoms with E-state index in [4.69, 9.17) is 21.8 Å². The molecule has 0 amide bonds. The second-order valence-corrected chi connectivity index (χ2v) is 2.77. The minimum Gasteiger partial charge on any atom is -0.362 e. The lowest BCUT2D eigenvalue weighted by Crippen LogP contribution is -2.19. The van der Waals surface area contributed by atoms with Gasteiger partial charge in [0.15, 0.2) is 0 Å². The molecule has 5 heteroatoms. The van der Waals surface area contributed by atoms with E-state index >= 15 is 0 Å². The molecule has 0 aliphatic heterocycles. The maximum Gasteiger partial charge on any atom is 0.218 e. The van der Waals surface area contributed by atoms with E-state index in [2.05, 4.69) is 0 Å². The van der Waals surface area contributed by atoms with Gasteiger partial charge in [0.25, 0.3) is 0 Å². The zero-order valence-corrected chi connectivity index (χ0v) is 7.12. The Kier molecular flexibility index (Phi) is 2.98. The number of halogens is 2. The molecular weight excluding hydrogens is 199 g/mol. The zero-order valence-electron chi connectivity index (χ0n) is 6.37. The number of carbonyl (C=O) groups is 1. The standard InChI is InChI=1S/C8H6ClFO3/c9-5-2-1-4(3-6(5)10)7(11)8(12)13/h1-3,8,12-13H. The van der Waals surface area contributed by atoms with Crippen LogP contribution < -0.4 is 0 Å². The van der Waals surface area contributed by atoms with E-state index in [-0.39, 0.29) is 10.6 Å². The van der Waals surface area contributed by atoms with E-state index in [1.54, 1.807) is 0 Å². The van der Waals surface area contributed by atoms with Crippen LogP contribution in [0.3, 0.4) is 0 Å². The number of ketones is 1. The number of hydrogen-bond donors (Lipinski definition) is 2. The van der Waals surface area contributed by atoms with E-state index in [1.807, 2.05) is 0 Å².